The highest BCUT2D eigenvalue weighted by Gasteiger charge is 2.49. The molecule has 1 aliphatic heterocycles. The van der Waals surface area contributed by atoms with Crippen LogP contribution < -0.4 is 11.1 Å². The lowest BCUT2D eigenvalue weighted by Gasteiger charge is -2.29. The fraction of sp³-hybridized carbons (Fsp3) is 0.0500. The van der Waals surface area contributed by atoms with Gasteiger partial charge in [-0.05, 0) is 29.3 Å². The van der Waals surface area contributed by atoms with Crippen molar-refractivity contribution in [3.63, 3.8) is 0 Å². The van der Waals surface area contributed by atoms with Gasteiger partial charge in [-0.1, -0.05) is 60.7 Å². The van der Waals surface area contributed by atoms with Crippen LogP contribution in [-0.2, 0) is 10.2 Å². The fourth-order valence-electron chi connectivity index (χ4n) is 3.42. The molecule has 0 bridgehead atoms. The summed E-state index contributed by atoms with van der Waals surface area (Å²) in [5.74, 6) is -0.0327. The molecule has 1 amide bonds. The number of anilines is 2. The quantitative estimate of drug-likeness (QED) is 0.711. The van der Waals surface area contributed by atoms with Crippen LogP contribution in [0.3, 0.4) is 0 Å². The van der Waals surface area contributed by atoms with Gasteiger partial charge in [0.2, 0.25) is 5.91 Å². The number of fused-ring (bicyclic) bond motifs is 1. The van der Waals surface area contributed by atoms with Gasteiger partial charge in [-0.15, -0.1) is 0 Å². The summed E-state index contributed by atoms with van der Waals surface area (Å²) in [5.41, 5.74) is 9.38. The molecule has 3 nitrogen and oxygen atoms in total. The van der Waals surface area contributed by atoms with Crippen molar-refractivity contribution in [1.82, 2.24) is 0 Å². The van der Waals surface area contributed by atoms with Crippen molar-refractivity contribution < 1.29 is 4.79 Å². The van der Waals surface area contributed by atoms with Crippen LogP contribution in [0.4, 0.5) is 11.4 Å². The van der Waals surface area contributed by atoms with Crippen molar-refractivity contribution in [2.24, 2.45) is 0 Å². The second-order valence-corrected chi connectivity index (χ2v) is 5.74. The largest absolute Gasteiger partial charge is 0.399 e. The number of rotatable bonds is 2. The number of amides is 1. The Morgan fingerprint density at radius 3 is 2.09 bits per heavy atom. The Kier molecular flexibility index (Phi) is 2.95. The van der Waals surface area contributed by atoms with E-state index >= 15 is 0 Å². The van der Waals surface area contributed by atoms with Gasteiger partial charge in [0, 0.05) is 16.9 Å². The average molecular weight is 300 g/mol. The molecule has 0 aromatic heterocycles. The third kappa shape index (κ3) is 1.87. The summed E-state index contributed by atoms with van der Waals surface area (Å²) in [4.78, 5) is 13.1. The highest BCUT2D eigenvalue weighted by molar-refractivity contribution is 6.11. The first-order chi connectivity index (χ1) is 11.2. The van der Waals surface area contributed by atoms with Gasteiger partial charge in [0.25, 0.3) is 0 Å². The maximum absolute atomic E-state index is 13.1. The Bertz CT molecular complexity index is 872. The molecule has 3 N–H and O–H groups in total. The van der Waals surface area contributed by atoms with E-state index in [1.54, 1.807) is 0 Å². The first-order valence-corrected chi connectivity index (χ1v) is 7.55. The molecule has 3 aromatic rings. The summed E-state index contributed by atoms with van der Waals surface area (Å²) < 4.78 is 0. The molecule has 0 aliphatic carbocycles. The van der Waals surface area contributed by atoms with Gasteiger partial charge in [0.05, 0.1) is 0 Å². The van der Waals surface area contributed by atoms with Crippen LogP contribution in [0.2, 0.25) is 0 Å². The van der Waals surface area contributed by atoms with Crippen LogP contribution in [0.5, 0.6) is 0 Å². The molecule has 3 heteroatoms. The van der Waals surface area contributed by atoms with E-state index < -0.39 is 5.41 Å². The number of hydrogen-bond acceptors (Lipinski definition) is 2. The molecule has 0 spiro atoms. The lowest BCUT2D eigenvalue weighted by molar-refractivity contribution is -0.118. The van der Waals surface area contributed by atoms with Crippen LogP contribution in [0.1, 0.15) is 16.7 Å². The molecule has 0 saturated heterocycles. The number of benzene rings is 3. The van der Waals surface area contributed by atoms with Crippen molar-refractivity contribution in [2.45, 2.75) is 5.41 Å². The summed E-state index contributed by atoms with van der Waals surface area (Å²) in [6, 6.07) is 25.3. The maximum Gasteiger partial charge on any atom is 0.244 e. The second-order valence-electron chi connectivity index (χ2n) is 5.74. The van der Waals surface area contributed by atoms with Gasteiger partial charge in [0.15, 0.2) is 0 Å². The number of nitrogen functional groups attached to an aromatic ring is 1. The molecule has 1 unspecified atom stereocenters. The van der Waals surface area contributed by atoms with E-state index in [1.165, 1.54) is 0 Å². The topological polar surface area (TPSA) is 55.1 Å². The predicted octanol–water partition coefficient (Wildman–Crippen LogP) is 3.56. The van der Waals surface area contributed by atoms with Crippen molar-refractivity contribution >= 4 is 17.3 Å². The number of carbonyl (C=O) groups is 1. The van der Waals surface area contributed by atoms with Gasteiger partial charge >= 0.3 is 0 Å². The number of hydrogen-bond donors (Lipinski definition) is 2. The molecule has 23 heavy (non-hydrogen) atoms. The molecule has 3 aromatic carbocycles. The van der Waals surface area contributed by atoms with E-state index in [2.05, 4.69) is 5.32 Å². The Morgan fingerprint density at radius 2 is 1.35 bits per heavy atom. The zero-order valence-corrected chi connectivity index (χ0v) is 12.5. The Morgan fingerprint density at radius 1 is 0.739 bits per heavy atom. The van der Waals surface area contributed by atoms with Crippen molar-refractivity contribution in [2.75, 3.05) is 11.1 Å². The SMILES string of the molecule is Nc1ccc(C2(c3ccccc3)C(=O)Nc3ccccc32)cc1. The number of nitrogens with two attached hydrogens (primary N) is 1. The minimum absolute atomic E-state index is 0.0327. The third-order valence-corrected chi connectivity index (χ3v) is 4.47. The van der Waals surface area contributed by atoms with Crippen molar-refractivity contribution in [3.05, 3.63) is 95.6 Å². The summed E-state index contributed by atoms with van der Waals surface area (Å²) in [5, 5.41) is 3.03. The summed E-state index contributed by atoms with van der Waals surface area (Å²) in [7, 11) is 0. The first kappa shape index (κ1) is 13.6. The lowest BCUT2D eigenvalue weighted by Crippen LogP contribution is -2.36. The van der Waals surface area contributed by atoms with E-state index in [0.717, 1.165) is 22.4 Å². The third-order valence-electron chi connectivity index (χ3n) is 4.47. The standard InChI is InChI=1S/C20H16N2O/c21-16-12-10-15(11-13-16)20(14-6-2-1-3-7-14)17-8-4-5-9-18(17)22-19(20)23/h1-13H,21H2,(H,22,23). The Balaban J connectivity index is 2.07. The first-order valence-electron chi connectivity index (χ1n) is 7.55. The number of nitrogens with one attached hydrogen (secondary N) is 1. The normalized spacial score (nSPS) is 19.2. The molecule has 0 fully saturated rings. The van der Waals surface area contributed by atoms with Crippen molar-refractivity contribution in [1.29, 1.82) is 0 Å². The molecule has 1 aliphatic rings. The highest BCUT2D eigenvalue weighted by Crippen LogP contribution is 2.47. The Labute approximate surface area is 134 Å². The van der Waals surface area contributed by atoms with E-state index in [-0.39, 0.29) is 5.91 Å². The van der Waals surface area contributed by atoms with Crippen LogP contribution in [0, 0.1) is 0 Å². The minimum atomic E-state index is -0.842. The molecule has 0 saturated carbocycles. The van der Waals surface area contributed by atoms with Crippen LogP contribution in [0.25, 0.3) is 0 Å². The predicted molar refractivity (Wildman–Crippen MR) is 92.3 cm³/mol. The number of para-hydroxylation sites is 1. The van der Waals surface area contributed by atoms with E-state index in [0.29, 0.717) is 5.69 Å². The van der Waals surface area contributed by atoms with Gasteiger partial charge in [-0.3, -0.25) is 4.79 Å². The average Bonchev–Trinajstić information content (AvgIpc) is 2.89. The highest BCUT2D eigenvalue weighted by atomic mass is 16.2. The molecular weight excluding hydrogens is 284 g/mol. The fourth-order valence-corrected chi connectivity index (χ4v) is 3.42. The van der Waals surface area contributed by atoms with E-state index in [1.807, 2.05) is 78.9 Å². The molecule has 1 atom stereocenters. The van der Waals surface area contributed by atoms with E-state index in [9.17, 15) is 4.79 Å². The van der Waals surface area contributed by atoms with Crippen molar-refractivity contribution in [3.8, 4) is 0 Å². The smallest absolute Gasteiger partial charge is 0.244 e. The van der Waals surface area contributed by atoms with Gasteiger partial charge in [-0.2, -0.15) is 0 Å². The molecule has 1 heterocycles. The van der Waals surface area contributed by atoms with Gasteiger partial charge in [0.1, 0.15) is 5.41 Å². The molecular formula is C20H16N2O. The maximum atomic E-state index is 13.1. The van der Waals surface area contributed by atoms with E-state index in [4.69, 9.17) is 5.73 Å². The summed E-state index contributed by atoms with van der Waals surface area (Å²) in [6.07, 6.45) is 0. The summed E-state index contributed by atoms with van der Waals surface area (Å²) in [6.45, 7) is 0. The zero-order chi connectivity index (χ0) is 15.9. The summed E-state index contributed by atoms with van der Waals surface area (Å²) >= 11 is 0. The van der Waals surface area contributed by atoms with Crippen LogP contribution >= 0.6 is 0 Å². The second kappa shape index (κ2) is 4.99. The molecule has 4 rings (SSSR count). The monoisotopic (exact) mass is 300 g/mol. The minimum Gasteiger partial charge on any atom is -0.399 e. The lowest BCUT2D eigenvalue weighted by atomic mass is 9.70. The van der Waals surface area contributed by atoms with Gasteiger partial charge < -0.3 is 11.1 Å². The number of carbonyl (C=O) groups excluding carboxylic acids is 1. The molecule has 112 valence electrons. The van der Waals surface area contributed by atoms with Crippen LogP contribution in [-0.4, -0.2) is 5.91 Å². The Hall–Kier alpha value is -3.07. The van der Waals surface area contributed by atoms with Gasteiger partial charge in [-0.25, -0.2) is 0 Å². The zero-order valence-electron chi connectivity index (χ0n) is 12.5. The molecule has 0 radical (unpaired) electrons. The van der Waals surface area contributed by atoms with Crippen LogP contribution in [0.15, 0.2) is 78.9 Å².